The maximum Gasteiger partial charge on any atom is 0.248 e. The molecule has 0 unspecified atom stereocenters. The number of anilines is 3. The minimum Gasteiger partial charge on any atom is -0.465 e. The van der Waals surface area contributed by atoms with Gasteiger partial charge in [-0.05, 0) is 36.4 Å². The second-order valence-electron chi connectivity index (χ2n) is 7.40. The topological polar surface area (TPSA) is 48.7 Å². The van der Waals surface area contributed by atoms with Gasteiger partial charge in [-0.3, -0.25) is 4.79 Å². The van der Waals surface area contributed by atoms with E-state index in [1.807, 2.05) is 4.90 Å². The lowest BCUT2D eigenvalue weighted by Crippen LogP contribution is -2.47. The lowest BCUT2D eigenvalue weighted by molar-refractivity contribution is -0.111. The van der Waals surface area contributed by atoms with Gasteiger partial charge in [0.1, 0.15) is 11.4 Å². The van der Waals surface area contributed by atoms with Crippen molar-refractivity contribution in [2.75, 3.05) is 41.3 Å². The van der Waals surface area contributed by atoms with Crippen LogP contribution >= 0.6 is 11.6 Å². The Morgan fingerprint density at radius 3 is 2.12 bits per heavy atom. The molecule has 11 heteroatoms. The zero-order valence-electron chi connectivity index (χ0n) is 17.4. The molecular formula is C23H17ClF5N3O2. The molecule has 34 heavy (non-hydrogen) atoms. The monoisotopic (exact) mass is 497 g/mol. The number of amides is 1. The number of carbonyl (C=O) groups excluding carboxylic acids is 1. The van der Waals surface area contributed by atoms with Crippen molar-refractivity contribution in [3.05, 3.63) is 82.5 Å². The molecule has 3 aromatic rings. The molecule has 1 aromatic heterocycles. The Labute approximate surface area is 196 Å². The first-order chi connectivity index (χ1) is 16.3. The second-order valence-corrected chi connectivity index (χ2v) is 7.80. The van der Waals surface area contributed by atoms with Crippen molar-refractivity contribution >= 4 is 40.6 Å². The van der Waals surface area contributed by atoms with Crippen LogP contribution < -0.4 is 15.1 Å². The van der Waals surface area contributed by atoms with Crippen LogP contribution in [-0.2, 0) is 4.79 Å². The fourth-order valence-electron chi connectivity index (χ4n) is 3.61. The molecule has 2 aromatic carbocycles. The number of nitrogens with one attached hydrogen (secondary N) is 1. The Kier molecular flexibility index (Phi) is 6.78. The summed E-state index contributed by atoms with van der Waals surface area (Å²) in [4.78, 5) is 15.0. The molecule has 1 amide bonds. The fourth-order valence-corrected chi connectivity index (χ4v) is 3.91. The summed E-state index contributed by atoms with van der Waals surface area (Å²) in [5.41, 5.74) is 0.105. The van der Waals surface area contributed by atoms with Crippen molar-refractivity contribution in [1.29, 1.82) is 0 Å². The molecule has 4 rings (SSSR count). The van der Waals surface area contributed by atoms with Crippen molar-refractivity contribution in [1.82, 2.24) is 0 Å². The van der Waals surface area contributed by atoms with Crippen LogP contribution in [0.2, 0.25) is 5.02 Å². The maximum absolute atomic E-state index is 14.1. The van der Waals surface area contributed by atoms with Gasteiger partial charge in [0.25, 0.3) is 0 Å². The van der Waals surface area contributed by atoms with E-state index >= 15 is 0 Å². The van der Waals surface area contributed by atoms with Crippen LogP contribution in [-0.4, -0.2) is 32.1 Å². The summed E-state index contributed by atoms with van der Waals surface area (Å²) in [5, 5.41) is 2.98. The molecule has 1 fully saturated rings. The van der Waals surface area contributed by atoms with Gasteiger partial charge in [-0.15, -0.1) is 0 Å². The zero-order chi connectivity index (χ0) is 24.4. The summed E-state index contributed by atoms with van der Waals surface area (Å²) in [6.45, 7) is 0.448. The highest BCUT2D eigenvalue weighted by atomic mass is 35.5. The predicted octanol–water partition coefficient (Wildman–Crippen LogP) is 5.61. The number of hydrogen-bond acceptors (Lipinski definition) is 4. The zero-order valence-corrected chi connectivity index (χ0v) is 18.2. The van der Waals surface area contributed by atoms with Crippen LogP contribution in [0.25, 0.3) is 6.08 Å². The minimum atomic E-state index is -2.19. The lowest BCUT2D eigenvalue weighted by Gasteiger charge is -2.38. The molecule has 0 radical (unpaired) electrons. The molecule has 0 atom stereocenters. The standard InChI is InChI=1S/C23H17ClF5N3O2/c24-15-12-13(30-17(33)6-4-14-2-1-11-34-14)3-5-16(15)31-7-9-32(10-8-31)23-21(28)19(26)18(25)20(27)22(23)29/h1-6,11-12H,7-10H2,(H,30,33). The molecule has 1 aliphatic heterocycles. The number of furan rings is 1. The quantitative estimate of drug-likeness (QED) is 0.215. The van der Waals surface area contributed by atoms with E-state index in [2.05, 4.69) is 5.32 Å². The fraction of sp³-hybridized carbons (Fsp3) is 0.174. The minimum absolute atomic E-state index is 0.00470. The van der Waals surface area contributed by atoms with Crippen LogP contribution in [0.4, 0.5) is 39.0 Å². The highest BCUT2D eigenvalue weighted by Crippen LogP contribution is 2.33. The van der Waals surface area contributed by atoms with Crippen LogP contribution in [0.5, 0.6) is 0 Å². The Morgan fingerprint density at radius 1 is 0.912 bits per heavy atom. The largest absolute Gasteiger partial charge is 0.465 e. The number of carbonyl (C=O) groups is 1. The third-order valence-corrected chi connectivity index (χ3v) is 5.58. The van der Waals surface area contributed by atoms with Crippen molar-refractivity contribution < 1.29 is 31.2 Å². The molecule has 1 saturated heterocycles. The molecule has 0 saturated carbocycles. The second kappa shape index (κ2) is 9.76. The van der Waals surface area contributed by atoms with Gasteiger partial charge in [0, 0.05) is 37.9 Å². The molecular weight excluding hydrogens is 481 g/mol. The molecule has 0 aliphatic carbocycles. The van der Waals surface area contributed by atoms with Gasteiger partial charge in [-0.1, -0.05) is 11.6 Å². The average Bonchev–Trinajstić information content (AvgIpc) is 3.35. The van der Waals surface area contributed by atoms with Gasteiger partial charge >= 0.3 is 0 Å². The Bertz CT molecular complexity index is 1210. The SMILES string of the molecule is O=C(C=Cc1ccco1)Nc1ccc(N2CCN(c3c(F)c(F)c(F)c(F)c3F)CC2)c(Cl)c1. The Morgan fingerprint density at radius 2 is 1.53 bits per heavy atom. The lowest BCUT2D eigenvalue weighted by atomic mass is 10.2. The van der Waals surface area contributed by atoms with Gasteiger partial charge in [-0.2, -0.15) is 0 Å². The van der Waals surface area contributed by atoms with E-state index in [0.717, 1.165) is 4.90 Å². The van der Waals surface area contributed by atoms with Gasteiger partial charge in [0.05, 0.1) is 17.0 Å². The van der Waals surface area contributed by atoms with Crippen LogP contribution in [0, 0.1) is 29.1 Å². The molecule has 0 bridgehead atoms. The first-order valence-electron chi connectivity index (χ1n) is 10.1. The average molecular weight is 498 g/mol. The van der Waals surface area contributed by atoms with Crippen molar-refractivity contribution in [2.45, 2.75) is 0 Å². The molecule has 178 valence electrons. The maximum atomic E-state index is 14.1. The number of halogens is 6. The number of nitrogens with zero attached hydrogens (tertiary/aromatic N) is 2. The van der Waals surface area contributed by atoms with Gasteiger partial charge < -0.3 is 19.5 Å². The van der Waals surface area contributed by atoms with Crippen LogP contribution in [0.15, 0.2) is 47.1 Å². The van der Waals surface area contributed by atoms with E-state index in [0.29, 0.717) is 22.2 Å². The van der Waals surface area contributed by atoms with Crippen LogP contribution in [0.1, 0.15) is 5.76 Å². The van der Waals surface area contributed by atoms with Crippen molar-refractivity contribution in [3.63, 3.8) is 0 Å². The van der Waals surface area contributed by atoms with Gasteiger partial charge in [-0.25, -0.2) is 22.0 Å². The van der Waals surface area contributed by atoms with E-state index in [9.17, 15) is 26.7 Å². The van der Waals surface area contributed by atoms with Gasteiger partial charge in [0.15, 0.2) is 23.3 Å². The summed E-state index contributed by atoms with van der Waals surface area (Å²) in [5.74, 6) is -9.72. The van der Waals surface area contributed by atoms with Crippen molar-refractivity contribution in [3.8, 4) is 0 Å². The summed E-state index contributed by atoms with van der Waals surface area (Å²) in [6, 6.07) is 8.24. The number of benzene rings is 2. The summed E-state index contributed by atoms with van der Waals surface area (Å²) < 4.78 is 73.7. The molecule has 5 nitrogen and oxygen atoms in total. The highest BCUT2D eigenvalue weighted by Gasteiger charge is 2.31. The van der Waals surface area contributed by atoms with E-state index in [1.54, 1.807) is 30.3 Å². The molecule has 2 heterocycles. The smallest absolute Gasteiger partial charge is 0.248 e. The third-order valence-electron chi connectivity index (χ3n) is 5.28. The number of hydrogen-bond donors (Lipinski definition) is 1. The number of piperazine rings is 1. The highest BCUT2D eigenvalue weighted by molar-refractivity contribution is 6.33. The molecule has 1 N–H and O–H groups in total. The molecule has 1 aliphatic rings. The Balaban J connectivity index is 1.42. The van der Waals surface area contributed by atoms with E-state index in [-0.39, 0.29) is 26.2 Å². The summed E-state index contributed by atoms with van der Waals surface area (Å²) >= 11 is 6.37. The van der Waals surface area contributed by atoms with E-state index < -0.39 is 40.7 Å². The normalized spacial score (nSPS) is 14.2. The van der Waals surface area contributed by atoms with Crippen molar-refractivity contribution in [2.24, 2.45) is 0 Å². The third kappa shape index (κ3) is 4.72. The Hall–Kier alpha value is -3.53. The van der Waals surface area contributed by atoms with E-state index in [1.165, 1.54) is 18.4 Å². The summed E-state index contributed by atoms with van der Waals surface area (Å²) in [6.07, 6.45) is 4.30. The summed E-state index contributed by atoms with van der Waals surface area (Å²) in [7, 11) is 0. The van der Waals surface area contributed by atoms with E-state index in [4.69, 9.17) is 16.0 Å². The number of rotatable bonds is 5. The predicted molar refractivity (Wildman–Crippen MR) is 118 cm³/mol. The van der Waals surface area contributed by atoms with Crippen LogP contribution in [0.3, 0.4) is 0 Å². The van der Waals surface area contributed by atoms with Gasteiger partial charge in [0.2, 0.25) is 11.7 Å². The first-order valence-corrected chi connectivity index (χ1v) is 10.5. The first kappa shape index (κ1) is 23.6. The molecule has 0 spiro atoms.